The minimum Gasteiger partial charge on any atom is -0.591 e. The van der Waals surface area contributed by atoms with E-state index in [1.165, 1.54) is 4.90 Å². The van der Waals surface area contributed by atoms with Crippen LogP contribution in [-0.4, -0.2) is 44.2 Å². The fraction of sp³-hybridized carbons (Fsp3) is 0.833. The van der Waals surface area contributed by atoms with Crippen LogP contribution in [0.4, 0.5) is 4.79 Å². The molecule has 1 fully saturated rings. The second-order valence-corrected chi connectivity index (χ2v) is 7.54. The van der Waals surface area contributed by atoms with Crippen LogP contribution in [-0.2, 0) is 11.4 Å². The maximum Gasteiger partial charge on any atom is 0.407 e. The number of hydrogen-bond acceptors (Lipinski definition) is 3. The van der Waals surface area contributed by atoms with Crippen LogP contribution in [0.3, 0.4) is 0 Å². The monoisotopic (exact) mass is 274 g/mol. The number of amides is 1. The maximum atomic E-state index is 11.9. The molecule has 5 nitrogen and oxygen atoms in total. The van der Waals surface area contributed by atoms with Crippen molar-refractivity contribution in [2.75, 3.05) is 13.1 Å². The lowest BCUT2D eigenvalue weighted by molar-refractivity contribution is 0.131. The predicted molar refractivity (Wildman–Crippen MR) is 73.3 cm³/mol. The Kier molecular flexibility index (Phi) is 5.04. The van der Waals surface area contributed by atoms with Gasteiger partial charge in [0.1, 0.15) is 16.1 Å². The van der Waals surface area contributed by atoms with Gasteiger partial charge in [-0.05, 0) is 40.5 Å². The molecule has 1 heterocycles. The Morgan fingerprint density at radius 2 is 1.89 bits per heavy atom. The Bertz CT molecular complexity index is 331. The second kappa shape index (κ2) is 5.93. The van der Waals surface area contributed by atoms with Crippen molar-refractivity contribution in [1.29, 1.82) is 0 Å². The highest BCUT2D eigenvalue weighted by Gasteiger charge is 2.29. The van der Waals surface area contributed by atoms with Crippen LogP contribution in [0.25, 0.3) is 0 Å². The Balaban J connectivity index is 2.57. The van der Waals surface area contributed by atoms with Gasteiger partial charge in [-0.3, -0.25) is 0 Å². The molecule has 0 unspecified atom stereocenters. The molecule has 0 aliphatic carbocycles. The van der Waals surface area contributed by atoms with E-state index in [9.17, 15) is 9.35 Å². The van der Waals surface area contributed by atoms with Crippen LogP contribution in [0.2, 0.25) is 0 Å². The Morgan fingerprint density at radius 3 is 2.28 bits per heavy atom. The van der Waals surface area contributed by atoms with Crippen LogP contribution in [0.15, 0.2) is 4.40 Å². The molecule has 0 aromatic rings. The van der Waals surface area contributed by atoms with Crippen molar-refractivity contribution in [3.63, 3.8) is 0 Å². The first-order valence-corrected chi connectivity index (χ1v) is 7.27. The molecule has 104 valence electrons. The molecule has 1 atom stereocenters. The molecule has 1 N–H and O–H groups in total. The van der Waals surface area contributed by atoms with Crippen molar-refractivity contribution >= 4 is 23.2 Å². The summed E-state index contributed by atoms with van der Waals surface area (Å²) < 4.78 is 15.8. The zero-order chi connectivity index (χ0) is 13.9. The summed E-state index contributed by atoms with van der Waals surface area (Å²) in [5.74, 6) is 0.256. The molecule has 0 radical (unpaired) electrons. The van der Waals surface area contributed by atoms with Gasteiger partial charge in [0.15, 0.2) is 0 Å². The molecule has 1 rings (SSSR count). The van der Waals surface area contributed by atoms with Crippen LogP contribution >= 0.6 is 0 Å². The highest BCUT2D eigenvalue weighted by atomic mass is 32.2. The first kappa shape index (κ1) is 15.3. The summed E-state index contributed by atoms with van der Waals surface area (Å²) >= 11 is -1.23. The maximum absolute atomic E-state index is 11.9. The average Bonchev–Trinajstić information content (AvgIpc) is 2.27. The molecular formula is C12H22N2O3S. The van der Waals surface area contributed by atoms with Crippen LogP contribution in [0.1, 0.15) is 40.5 Å². The van der Waals surface area contributed by atoms with Crippen LogP contribution in [0, 0.1) is 5.92 Å². The summed E-state index contributed by atoms with van der Waals surface area (Å²) in [6, 6.07) is 0. The number of rotatable bonds is 2. The standard InChI is InChI=1S/C12H22N2O3S/c1-9(13-18(17)12(2,3)4)10-5-7-14(8-6-10)11(15)16/h10H,5-8H2,1-4H3,(H,15,16)/b13-9+/t18-/m1/s1. The third-order valence-corrected chi connectivity index (χ3v) is 4.61. The summed E-state index contributed by atoms with van der Waals surface area (Å²) in [6.45, 7) is 8.65. The van der Waals surface area contributed by atoms with Gasteiger partial charge in [0.25, 0.3) is 0 Å². The molecule has 0 saturated carbocycles. The highest BCUT2D eigenvalue weighted by molar-refractivity contribution is 7.91. The van der Waals surface area contributed by atoms with E-state index < -0.39 is 17.5 Å². The van der Waals surface area contributed by atoms with Gasteiger partial charge < -0.3 is 14.6 Å². The van der Waals surface area contributed by atoms with Gasteiger partial charge in [-0.25, -0.2) is 4.79 Å². The van der Waals surface area contributed by atoms with Crippen molar-refractivity contribution < 1.29 is 14.5 Å². The molecule has 1 aliphatic heterocycles. The van der Waals surface area contributed by atoms with Crippen molar-refractivity contribution in [2.24, 2.45) is 10.3 Å². The zero-order valence-corrected chi connectivity index (χ0v) is 12.3. The topological polar surface area (TPSA) is 76.0 Å². The lowest BCUT2D eigenvalue weighted by Gasteiger charge is -2.30. The lowest BCUT2D eigenvalue weighted by Crippen LogP contribution is -2.39. The smallest absolute Gasteiger partial charge is 0.407 e. The number of carboxylic acid groups (broad SMARTS) is 1. The number of carbonyl (C=O) groups is 1. The summed E-state index contributed by atoms with van der Waals surface area (Å²) in [4.78, 5) is 12.2. The van der Waals surface area contributed by atoms with E-state index >= 15 is 0 Å². The van der Waals surface area contributed by atoms with Gasteiger partial charge in [0, 0.05) is 19.0 Å². The van der Waals surface area contributed by atoms with Gasteiger partial charge in [-0.15, -0.1) is 0 Å². The van der Waals surface area contributed by atoms with E-state index in [4.69, 9.17) is 5.11 Å². The number of nitrogens with zero attached hydrogens (tertiary/aromatic N) is 2. The summed E-state index contributed by atoms with van der Waals surface area (Å²) in [5, 5.41) is 8.86. The largest absolute Gasteiger partial charge is 0.591 e. The first-order valence-electron chi connectivity index (χ1n) is 6.17. The fourth-order valence-corrected chi connectivity index (χ4v) is 2.52. The third-order valence-electron chi connectivity index (χ3n) is 3.11. The predicted octanol–water partition coefficient (Wildman–Crippen LogP) is 2.30. The van der Waals surface area contributed by atoms with Crippen LogP contribution in [0.5, 0.6) is 0 Å². The van der Waals surface area contributed by atoms with E-state index in [2.05, 4.69) is 4.40 Å². The van der Waals surface area contributed by atoms with E-state index in [-0.39, 0.29) is 10.7 Å². The van der Waals surface area contributed by atoms with Gasteiger partial charge in [-0.2, -0.15) is 0 Å². The number of piperidine rings is 1. The Morgan fingerprint density at radius 1 is 1.39 bits per heavy atom. The molecule has 1 aliphatic rings. The Hall–Kier alpha value is -0.750. The van der Waals surface area contributed by atoms with Gasteiger partial charge in [-0.1, -0.05) is 4.40 Å². The summed E-state index contributed by atoms with van der Waals surface area (Å²) in [7, 11) is 0. The minimum absolute atomic E-state index is 0.256. The van der Waals surface area contributed by atoms with Crippen LogP contribution < -0.4 is 0 Å². The summed E-state index contributed by atoms with van der Waals surface area (Å²) in [6.07, 6.45) is 0.674. The minimum atomic E-state index is -1.23. The van der Waals surface area contributed by atoms with E-state index in [0.29, 0.717) is 13.1 Å². The van der Waals surface area contributed by atoms with E-state index in [1.807, 2.05) is 27.7 Å². The SMILES string of the molecule is C/C(=N\[S@+]([O-])C(C)(C)C)C1CCN(C(=O)O)CC1. The molecule has 0 aromatic heterocycles. The fourth-order valence-electron chi connectivity index (χ4n) is 1.83. The molecule has 6 heteroatoms. The van der Waals surface area contributed by atoms with E-state index in [0.717, 1.165) is 18.6 Å². The van der Waals surface area contributed by atoms with Crippen molar-refractivity contribution in [3.8, 4) is 0 Å². The zero-order valence-electron chi connectivity index (χ0n) is 11.5. The average molecular weight is 274 g/mol. The molecule has 18 heavy (non-hydrogen) atoms. The molecular weight excluding hydrogens is 252 g/mol. The van der Waals surface area contributed by atoms with Gasteiger partial charge in [0.2, 0.25) is 0 Å². The summed E-state index contributed by atoms with van der Waals surface area (Å²) in [5.41, 5.74) is 0.883. The van der Waals surface area contributed by atoms with Crippen molar-refractivity contribution in [2.45, 2.75) is 45.3 Å². The van der Waals surface area contributed by atoms with E-state index in [1.54, 1.807) is 0 Å². The van der Waals surface area contributed by atoms with Crippen molar-refractivity contribution in [1.82, 2.24) is 4.90 Å². The molecule has 0 bridgehead atoms. The number of likely N-dealkylation sites (tertiary alicyclic amines) is 1. The van der Waals surface area contributed by atoms with Crippen molar-refractivity contribution in [3.05, 3.63) is 0 Å². The molecule has 0 aromatic carbocycles. The van der Waals surface area contributed by atoms with Gasteiger partial charge >= 0.3 is 6.09 Å². The normalized spacial score (nSPS) is 20.9. The highest BCUT2D eigenvalue weighted by Crippen LogP contribution is 2.22. The lowest BCUT2D eigenvalue weighted by atomic mass is 9.93. The third kappa shape index (κ3) is 4.17. The first-order chi connectivity index (χ1) is 8.21. The second-order valence-electron chi connectivity index (χ2n) is 5.64. The molecule has 1 amide bonds. The molecule has 1 saturated heterocycles. The van der Waals surface area contributed by atoms with Gasteiger partial charge in [0.05, 0.1) is 5.71 Å². The molecule has 0 spiro atoms. The Labute approximate surface area is 112 Å². The quantitative estimate of drug-likeness (QED) is 0.620. The number of hydrogen-bond donors (Lipinski definition) is 1.